The number of aryl methyl sites for hydroxylation is 1. The van der Waals surface area contributed by atoms with Gasteiger partial charge >= 0.3 is 0 Å². The quantitative estimate of drug-likeness (QED) is 0.387. The molecule has 198 valence electrons. The number of piperidine rings is 1. The summed E-state index contributed by atoms with van der Waals surface area (Å²) in [5, 5.41) is 4.79. The van der Waals surface area contributed by atoms with Crippen molar-refractivity contribution < 1.29 is 9.53 Å². The molecule has 0 bridgehead atoms. The lowest BCUT2D eigenvalue weighted by Gasteiger charge is -2.35. The van der Waals surface area contributed by atoms with E-state index in [0.29, 0.717) is 30.1 Å². The summed E-state index contributed by atoms with van der Waals surface area (Å²) in [5.41, 5.74) is 3.89. The highest BCUT2D eigenvalue weighted by molar-refractivity contribution is 7.21. The van der Waals surface area contributed by atoms with Crippen molar-refractivity contribution in [3.63, 3.8) is 0 Å². The third-order valence-electron chi connectivity index (χ3n) is 7.45. The Labute approximate surface area is 226 Å². The fourth-order valence-electron chi connectivity index (χ4n) is 5.24. The molecule has 0 N–H and O–H groups in total. The number of thiophene rings is 1. The molecule has 9 nitrogen and oxygen atoms in total. The standard InChI is InChI=1S/C28H33N7O2S/c1-19-5-4-6-20(17-19)22-9-12-35(31-22)28-29-23-18-24(27(36)34-10-7-21(8-11-34)32(2)3)38-25(23)26(30-28)33-13-15-37-16-14-33/h4-6,9,12,17-18,21H,7-8,10-11,13-16H2,1-3H3. The van der Waals surface area contributed by atoms with Crippen molar-refractivity contribution in [2.24, 2.45) is 0 Å². The summed E-state index contributed by atoms with van der Waals surface area (Å²) in [7, 11) is 4.22. The molecule has 0 aliphatic carbocycles. The number of carbonyl (C=O) groups is 1. The first-order valence-corrected chi connectivity index (χ1v) is 14.0. The third kappa shape index (κ3) is 4.91. The molecule has 0 unspecified atom stereocenters. The lowest BCUT2D eigenvalue weighted by atomic mass is 10.0. The van der Waals surface area contributed by atoms with Crippen molar-refractivity contribution in [3.8, 4) is 17.2 Å². The monoisotopic (exact) mass is 531 g/mol. The number of amides is 1. The van der Waals surface area contributed by atoms with Crippen molar-refractivity contribution >= 4 is 33.3 Å². The Balaban J connectivity index is 1.35. The van der Waals surface area contributed by atoms with E-state index < -0.39 is 0 Å². The highest BCUT2D eigenvalue weighted by atomic mass is 32.1. The minimum absolute atomic E-state index is 0.0838. The zero-order valence-electron chi connectivity index (χ0n) is 22.1. The van der Waals surface area contributed by atoms with Crippen LogP contribution < -0.4 is 4.90 Å². The summed E-state index contributed by atoms with van der Waals surface area (Å²) in [6.45, 7) is 6.43. The molecule has 0 saturated carbocycles. The minimum Gasteiger partial charge on any atom is -0.378 e. The number of benzene rings is 1. The van der Waals surface area contributed by atoms with Gasteiger partial charge in [0.15, 0.2) is 5.82 Å². The van der Waals surface area contributed by atoms with Gasteiger partial charge in [-0.1, -0.05) is 23.8 Å². The van der Waals surface area contributed by atoms with Crippen molar-refractivity contribution in [1.29, 1.82) is 0 Å². The van der Waals surface area contributed by atoms with E-state index in [4.69, 9.17) is 19.8 Å². The predicted molar refractivity (Wildman–Crippen MR) is 150 cm³/mol. The van der Waals surface area contributed by atoms with Gasteiger partial charge in [0.1, 0.15) is 0 Å². The maximum absolute atomic E-state index is 13.5. The molecule has 1 amide bonds. The van der Waals surface area contributed by atoms with E-state index in [9.17, 15) is 4.79 Å². The van der Waals surface area contributed by atoms with E-state index >= 15 is 0 Å². The van der Waals surface area contributed by atoms with Crippen molar-refractivity contribution in [2.45, 2.75) is 25.8 Å². The number of nitrogens with zero attached hydrogens (tertiary/aromatic N) is 7. The average molecular weight is 532 g/mol. The van der Waals surface area contributed by atoms with Gasteiger partial charge < -0.3 is 19.4 Å². The maximum Gasteiger partial charge on any atom is 0.264 e. The lowest BCUT2D eigenvalue weighted by molar-refractivity contribution is 0.0668. The topological polar surface area (TPSA) is 79.6 Å². The van der Waals surface area contributed by atoms with E-state index in [1.165, 1.54) is 16.9 Å². The molecule has 1 aromatic carbocycles. The highest BCUT2D eigenvalue weighted by Crippen LogP contribution is 2.34. The van der Waals surface area contributed by atoms with E-state index in [0.717, 1.165) is 66.3 Å². The lowest BCUT2D eigenvalue weighted by Crippen LogP contribution is -2.44. The van der Waals surface area contributed by atoms with Crippen LogP contribution in [0.25, 0.3) is 27.4 Å². The van der Waals surface area contributed by atoms with Gasteiger partial charge in [0.05, 0.1) is 34.0 Å². The summed E-state index contributed by atoms with van der Waals surface area (Å²) in [5.74, 6) is 1.43. The molecule has 3 aromatic heterocycles. The fourth-order valence-corrected chi connectivity index (χ4v) is 6.32. The Morgan fingerprint density at radius 1 is 1.05 bits per heavy atom. The second-order valence-corrected chi connectivity index (χ2v) is 11.3. The molecule has 2 aliphatic rings. The SMILES string of the molecule is Cc1cccc(-c2ccn(-c3nc(N4CCOCC4)c4sc(C(=O)N5CCC(N(C)C)CC5)cc4n3)n2)c1. The van der Waals surface area contributed by atoms with Gasteiger partial charge in [-0.2, -0.15) is 10.1 Å². The Bertz CT molecular complexity index is 1450. The molecule has 38 heavy (non-hydrogen) atoms. The van der Waals surface area contributed by atoms with Gasteiger partial charge in [0.25, 0.3) is 11.9 Å². The van der Waals surface area contributed by atoms with E-state index in [1.807, 2.05) is 29.3 Å². The van der Waals surface area contributed by atoms with Gasteiger partial charge in [0.2, 0.25) is 0 Å². The van der Waals surface area contributed by atoms with Crippen LogP contribution in [0, 0.1) is 6.92 Å². The van der Waals surface area contributed by atoms with Crippen LogP contribution in [-0.4, -0.2) is 95.0 Å². The number of hydrogen-bond donors (Lipinski definition) is 0. The van der Waals surface area contributed by atoms with Crippen LogP contribution in [-0.2, 0) is 4.74 Å². The molecular weight excluding hydrogens is 498 g/mol. The highest BCUT2D eigenvalue weighted by Gasteiger charge is 2.27. The van der Waals surface area contributed by atoms with Crippen molar-refractivity contribution in [1.82, 2.24) is 29.5 Å². The second-order valence-electron chi connectivity index (χ2n) is 10.3. The molecule has 2 fully saturated rings. The molecule has 6 rings (SSSR count). The van der Waals surface area contributed by atoms with Crippen LogP contribution in [0.4, 0.5) is 5.82 Å². The first kappa shape index (κ1) is 25.0. The number of ether oxygens (including phenoxy) is 1. The van der Waals surface area contributed by atoms with Gasteiger partial charge in [-0.25, -0.2) is 9.67 Å². The zero-order chi connectivity index (χ0) is 26.2. The van der Waals surface area contributed by atoms with Crippen LogP contribution >= 0.6 is 11.3 Å². The zero-order valence-corrected chi connectivity index (χ0v) is 22.9. The van der Waals surface area contributed by atoms with E-state index in [2.05, 4.69) is 49.0 Å². The molecule has 0 atom stereocenters. The third-order valence-corrected chi connectivity index (χ3v) is 8.56. The number of morpholine rings is 1. The van der Waals surface area contributed by atoms with Crippen LogP contribution in [0.3, 0.4) is 0 Å². The first-order chi connectivity index (χ1) is 18.5. The van der Waals surface area contributed by atoms with Gasteiger partial charge in [-0.3, -0.25) is 4.79 Å². The van der Waals surface area contributed by atoms with Crippen molar-refractivity contribution in [3.05, 3.63) is 53.0 Å². The number of fused-ring (bicyclic) bond motifs is 1. The summed E-state index contributed by atoms with van der Waals surface area (Å²) >= 11 is 1.50. The van der Waals surface area contributed by atoms with Crippen LogP contribution in [0.15, 0.2) is 42.6 Å². The molecule has 4 aromatic rings. The van der Waals surface area contributed by atoms with Gasteiger partial charge in [0, 0.05) is 44.0 Å². The largest absolute Gasteiger partial charge is 0.378 e. The van der Waals surface area contributed by atoms with Crippen LogP contribution in [0.2, 0.25) is 0 Å². The number of anilines is 1. The molecule has 0 spiro atoms. The minimum atomic E-state index is 0.0838. The summed E-state index contributed by atoms with van der Waals surface area (Å²) < 4.78 is 8.26. The normalized spacial score (nSPS) is 17.1. The Morgan fingerprint density at radius 2 is 1.84 bits per heavy atom. The Hall–Kier alpha value is -3.34. The Kier molecular flexibility index (Phi) is 6.86. The van der Waals surface area contributed by atoms with Gasteiger partial charge in [-0.15, -0.1) is 11.3 Å². The number of rotatable bonds is 5. The first-order valence-electron chi connectivity index (χ1n) is 13.2. The molecule has 0 radical (unpaired) electrons. The summed E-state index contributed by atoms with van der Waals surface area (Å²) in [4.78, 5) is 30.5. The molecule has 5 heterocycles. The van der Waals surface area contributed by atoms with Crippen LogP contribution in [0.5, 0.6) is 0 Å². The number of aromatic nitrogens is 4. The molecular formula is C28H33N7O2S. The fraction of sp³-hybridized carbons (Fsp3) is 0.429. The number of hydrogen-bond acceptors (Lipinski definition) is 8. The summed E-state index contributed by atoms with van der Waals surface area (Å²) in [6, 6.07) is 12.7. The average Bonchev–Trinajstić information content (AvgIpc) is 3.61. The molecule has 10 heteroatoms. The van der Waals surface area contributed by atoms with Gasteiger partial charge in [-0.05, 0) is 52.1 Å². The van der Waals surface area contributed by atoms with E-state index in [1.54, 1.807) is 4.68 Å². The predicted octanol–water partition coefficient (Wildman–Crippen LogP) is 3.86. The molecule has 2 aliphatic heterocycles. The second kappa shape index (κ2) is 10.4. The summed E-state index contributed by atoms with van der Waals surface area (Å²) in [6.07, 6.45) is 3.89. The number of likely N-dealkylation sites (tertiary alicyclic amines) is 1. The smallest absolute Gasteiger partial charge is 0.264 e. The Morgan fingerprint density at radius 3 is 2.58 bits per heavy atom. The van der Waals surface area contributed by atoms with Crippen LogP contribution in [0.1, 0.15) is 28.1 Å². The maximum atomic E-state index is 13.5. The molecule has 2 saturated heterocycles. The van der Waals surface area contributed by atoms with Crippen molar-refractivity contribution in [2.75, 3.05) is 58.4 Å². The van der Waals surface area contributed by atoms with E-state index in [-0.39, 0.29) is 5.91 Å². The number of carbonyl (C=O) groups excluding carboxylic acids is 1.